The number of hydrogen-bond acceptors (Lipinski definition) is 3. The van der Waals surface area contributed by atoms with Crippen LogP contribution in [0.4, 0.5) is 0 Å². The third kappa shape index (κ3) is 2.29. The number of amides is 1. The summed E-state index contributed by atoms with van der Waals surface area (Å²) >= 11 is 0. The average Bonchev–Trinajstić information content (AvgIpc) is 2.99. The highest BCUT2D eigenvalue weighted by Gasteiger charge is 2.35. The van der Waals surface area contributed by atoms with Gasteiger partial charge in [-0.25, -0.2) is 0 Å². The summed E-state index contributed by atoms with van der Waals surface area (Å²) in [6.45, 7) is 1.81. The molecular weight excluding hydrogens is 258 g/mol. The smallest absolute Gasteiger partial charge is 0.312 e. The van der Waals surface area contributed by atoms with Gasteiger partial charge >= 0.3 is 5.97 Å². The lowest BCUT2D eigenvalue weighted by Crippen LogP contribution is -2.43. The fourth-order valence-corrected chi connectivity index (χ4v) is 2.97. The quantitative estimate of drug-likeness (QED) is 0.881. The van der Waals surface area contributed by atoms with Crippen LogP contribution in [0.15, 0.2) is 24.3 Å². The lowest BCUT2D eigenvalue weighted by molar-refractivity contribution is -0.142. The molecule has 0 radical (unpaired) electrons. The topological polar surface area (TPSA) is 66.8 Å². The fourth-order valence-electron chi connectivity index (χ4n) is 2.97. The molecule has 1 fully saturated rings. The molecule has 2 atom stereocenters. The monoisotopic (exact) mass is 275 g/mol. The molecule has 1 N–H and O–H groups in total. The molecule has 2 unspecified atom stereocenters. The molecule has 0 spiro atoms. The molecule has 0 aliphatic carbocycles. The SMILES string of the molecule is O=C(O)C1CN(C(=O)C2CCOC2)Cc2ccccc21. The molecule has 5 heteroatoms. The van der Waals surface area contributed by atoms with Crippen LogP contribution in [0.1, 0.15) is 23.5 Å². The van der Waals surface area contributed by atoms with Crippen molar-refractivity contribution in [3.8, 4) is 0 Å². The molecule has 2 aliphatic heterocycles. The fraction of sp³-hybridized carbons (Fsp3) is 0.467. The highest BCUT2D eigenvalue weighted by molar-refractivity contribution is 5.83. The summed E-state index contributed by atoms with van der Waals surface area (Å²) in [6, 6.07) is 7.46. The Morgan fingerprint density at radius 3 is 2.80 bits per heavy atom. The van der Waals surface area contributed by atoms with E-state index in [4.69, 9.17) is 4.74 Å². The second-order valence-corrected chi connectivity index (χ2v) is 5.37. The summed E-state index contributed by atoms with van der Waals surface area (Å²) < 4.78 is 5.25. The molecule has 2 aliphatic rings. The molecular formula is C15H17NO4. The maximum atomic E-state index is 12.4. The zero-order chi connectivity index (χ0) is 14.1. The molecule has 2 heterocycles. The van der Waals surface area contributed by atoms with Gasteiger partial charge in [0.1, 0.15) is 0 Å². The molecule has 0 saturated carbocycles. The van der Waals surface area contributed by atoms with E-state index in [9.17, 15) is 14.7 Å². The Hall–Kier alpha value is -1.88. The summed E-state index contributed by atoms with van der Waals surface area (Å²) in [5, 5.41) is 9.39. The molecule has 5 nitrogen and oxygen atoms in total. The Morgan fingerprint density at radius 2 is 2.10 bits per heavy atom. The number of carbonyl (C=O) groups is 2. The van der Waals surface area contributed by atoms with E-state index in [1.165, 1.54) is 0 Å². The predicted octanol–water partition coefficient (Wildman–Crippen LogP) is 1.23. The van der Waals surface area contributed by atoms with Gasteiger partial charge in [-0.15, -0.1) is 0 Å². The van der Waals surface area contributed by atoms with Gasteiger partial charge in [0.15, 0.2) is 0 Å². The van der Waals surface area contributed by atoms with E-state index < -0.39 is 11.9 Å². The van der Waals surface area contributed by atoms with Crippen molar-refractivity contribution in [1.82, 2.24) is 4.90 Å². The number of carbonyl (C=O) groups excluding carboxylic acids is 1. The van der Waals surface area contributed by atoms with Gasteiger partial charge in [0, 0.05) is 19.7 Å². The molecule has 1 amide bonds. The lowest BCUT2D eigenvalue weighted by atomic mass is 9.89. The number of carboxylic acid groups (broad SMARTS) is 1. The van der Waals surface area contributed by atoms with E-state index >= 15 is 0 Å². The van der Waals surface area contributed by atoms with Crippen LogP contribution < -0.4 is 0 Å². The van der Waals surface area contributed by atoms with Crippen LogP contribution in [0.2, 0.25) is 0 Å². The lowest BCUT2D eigenvalue weighted by Gasteiger charge is -2.34. The van der Waals surface area contributed by atoms with Crippen LogP contribution in [0.25, 0.3) is 0 Å². The third-order valence-corrected chi connectivity index (χ3v) is 4.08. The van der Waals surface area contributed by atoms with Crippen molar-refractivity contribution in [1.29, 1.82) is 0 Å². The Kier molecular flexibility index (Phi) is 3.44. The number of ether oxygens (including phenoxy) is 1. The van der Waals surface area contributed by atoms with Gasteiger partial charge in [-0.3, -0.25) is 9.59 Å². The van der Waals surface area contributed by atoms with Gasteiger partial charge in [0.25, 0.3) is 0 Å². The zero-order valence-corrected chi connectivity index (χ0v) is 11.1. The van der Waals surface area contributed by atoms with Gasteiger partial charge in [0.2, 0.25) is 5.91 Å². The summed E-state index contributed by atoms with van der Waals surface area (Å²) in [5.74, 6) is -1.61. The van der Waals surface area contributed by atoms with Gasteiger partial charge in [-0.2, -0.15) is 0 Å². The Morgan fingerprint density at radius 1 is 1.30 bits per heavy atom. The van der Waals surface area contributed by atoms with Gasteiger partial charge in [0.05, 0.1) is 18.4 Å². The van der Waals surface area contributed by atoms with E-state index in [1.807, 2.05) is 24.3 Å². The first-order valence-corrected chi connectivity index (χ1v) is 6.84. The summed E-state index contributed by atoms with van der Waals surface area (Å²) in [7, 11) is 0. The maximum absolute atomic E-state index is 12.4. The number of benzene rings is 1. The van der Waals surface area contributed by atoms with Crippen LogP contribution in [-0.2, 0) is 20.9 Å². The average molecular weight is 275 g/mol. The molecule has 106 valence electrons. The van der Waals surface area contributed by atoms with Crippen molar-refractivity contribution in [2.24, 2.45) is 5.92 Å². The number of aliphatic carboxylic acids is 1. The first-order valence-electron chi connectivity index (χ1n) is 6.84. The van der Waals surface area contributed by atoms with Crippen LogP contribution in [0.3, 0.4) is 0 Å². The number of hydrogen-bond donors (Lipinski definition) is 1. The number of carboxylic acids is 1. The van der Waals surface area contributed by atoms with Crippen molar-refractivity contribution in [2.75, 3.05) is 19.8 Å². The summed E-state index contributed by atoms with van der Waals surface area (Å²) in [6.07, 6.45) is 0.731. The second kappa shape index (κ2) is 5.25. The zero-order valence-electron chi connectivity index (χ0n) is 11.1. The van der Waals surface area contributed by atoms with Crippen molar-refractivity contribution < 1.29 is 19.4 Å². The highest BCUT2D eigenvalue weighted by Crippen LogP contribution is 2.30. The van der Waals surface area contributed by atoms with E-state index in [1.54, 1.807) is 4.90 Å². The van der Waals surface area contributed by atoms with Crippen molar-refractivity contribution in [3.05, 3.63) is 35.4 Å². The minimum atomic E-state index is -0.877. The van der Waals surface area contributed by atoms with E-state index in [-0.39, 0.29) is 18.4 Å². The second-order valence-electron chi connectivity index (χ2n) is 5.37. The molecule has 1 aromatic rings. The normalized spacial score (nSPS) is 25.3. The van der Waals surface area contributed by atoms with Crippen molar-refractivity contribution >= 4 is 11.9 Å². The van der Waals surface area contributed by atoms with Crippen LogP contribution in [0, 0.1) is 5.92 Å². The van der Waals surface area contributed by atoms with Gasteiger partial charge in [-0.05, 0) is 17.5 Å². The molecule has 0 bridgehead atoms. The highest BCUT2D eigenvalue weighted by atomic mass is 16.5. The molecule has 3 rings (SSSR count). The minimum absolute atomic E-state index is 0.0169. The van der Waals surface area contributed by atoms with E-state index in [2.05, 4.69) is 0 Å². The largest absolute Gasteiger partial charge is 0.481 e. The first-order chi connectivity index (χ1) is 9.66. The van der Waals surface area contributed by atoms with Crippen LogP contribution >= 0.6 is 0 Å². The van der Waals surface area contributed by atoms with Gasteiger partial charge in [-0.1, -0.05) is 24.3 Å². The summed E-state index contributed by atoms with van der Waals surface area (Å²) in [5.41, 5.74) is 1.75. The van der Waals surface area contributed by atoms with Crippen LogP contribution in [-0.4, -0.2) is 41.6 Å². The van der Waals surface area contributed by atoms with E-state index in [0.717, 1.165) is 17.5 Å². The predicted molar refractivity (Wildman–Crippen MR) is 71.2 cm³/mol. The summed E-state index contributed by atoms with van der Waals surface area (Å²) in [4.78, 5) is 25.5. The first kappa shape index (κ1) is 13.1. The van der Waals surface area contributed by atoms with Gasteiger partial charge < -0.3 is 14.7 Å². The van der Waals surface area contributed by atoms with Crippen molar-refractivity contribution in [3.63, 3.8) is 0 Å². The maximum Gasteiger partial charge on any atom is 0.312 e. The molecule has 20 heavy (non-hydrogen) atoms. The Labute approximate surface area is 117 Å². The molecule has 1 saturated heterocycles. The van der Waals surface area contributed by atoms with Crippen molar-refractivity contribution in [2.45, 2.75) is 18.9 Å². The Balaban J connectivity index is 1.86. The Bertz CT molecular complexity index is 536. The number of fused-ring (bicyclic) bond motifs is 1. The molecule has 0 aromatic heterocycles. The number of rotatable bonds is 2. The third-order valence-electron chi connectivity index (χ3n) is 4.08. The van der Waals surface area contributed by atoms with E-state index in [0.29, 0.717) is 19.8 Å². The number of nitrogens with zero attached hydrogens (tertiary/aromatic N) is 1. The standard InChI is InChI=1S/C15H17NO4/c17-14(11-5-6-20-9-11)16-7-10-3-1-2-4-12(10)13(8-16)15(18)19/h1-4,11,13H,5-9H2,(H,18,19). The molecule has 1 aromatic carbocycles. The van der Waals surface area contributed by atoms with Crippen LogP contribution in [0.5, 0.6) is 0 Å². The minimum Gasteiger partial charge on any atom is -0.481 e.